The summed E-state index contributed by atoms with van der Waals surface area (Å²) in [6.07, 6.45) is 2.77. The molecule has 0 aromatic heterocycles. The lowest BCUT2D eigenvalue weighted by Crippen LogP contribution is -2.27. The first-order valence-corrected chi connectivity index (χ1v) is 9.09. The van der Waals surface area contributed by atoms with Gasteiger partial charge in [0.2, 0.25) is 0 Å². The Morgan fingerprint density at radius 1 is 1.00 bits per heavy atom. The minimum absolute atomic E-state index is 0.152. The Morgan fingerprint density at radius 2 is 1.85 bits per heavy atom. The molecule has 26 heavy (non-hydrogen) atoms. The predicted octanol–water partition coefficient (Wildman–Crippen LogP) is 3.66. The van der Waals surface area contributed by atoms with Crippen molar-refractivity contribution in [2.45, 2.75) is 32.3 Å². The number of aliphatic carboxylic acids is 1. The summed E-state index contributed by atoms with van der Waals surface area (Å²) in [6.45, 7) is 0.539. The number of hydrogen-bond acceptors (Lipinski definition) is 3. The number of carbonyl (C=O) groups is 1. The predicted molar refractivity (Wildman–Crippen MR) is 99.9 cm³/mol. The molecule has 0 saturated heterocycles. The molecule has 3 aromatic rings. The van der Waals surface area contributed by atoms with Crippen LogP contribution >= 0.6 is 0 Å². The Balaban J connectivity index is 1.43. The number of carboxylic acid groups (broad SMARTS) is 1. The summed E-state index contributed by atoms with van der Waals surface area (Å²) in [5.74, 6) is 0.112. The molecular weight excluding hydrogens is 324 g/mol. The molecule has 0 bridgehead atoms. The molecule has 0 N–H and O–H groups in total. The molecule has 1 aliphatic carbocycles. The molecule has 132 valence electrons. The summed E-state index contributed by atoms with van der Waals surface area (Å²) in [4.78, 5) is 10.8. The van der Waals surface area contributed by atoms with E-state index in [4.69, 9.17) is 4.74 Å². The quantitative estimate of drug-likeness (QED) is 0.709. The van der Waals surface area contributed by atoms with Crippen molar-refractivity contribution in [3.8, 4) is 5.75 Å². The first-order chi connectivity index (χ1) is 12.7. The fourth-order valence-corrected chi connectivity index (χ4v) is 3.80. The van der Waals surface area contributed by atoms with E-state index in [1.165, 1.54) is 21.9 Å². The van der Waals surface area contributed by atoms with Crippen LogP contribution in [0.15, 0.2) is 60.7 Å². The van der Waals surface area contributed by atoms with Crippen LogP contribution in [0.1, 0.15) is 29.5 Å². The highest BCUT2D eigenvalue weighted by atomic mass is 16.5. The number of rotatable bonds is 5. The zero-order valence-corrected chi connectivity index (χ0v) is 14.6. The van der Waals surface area contributed by atoms with E-state index in [1.54, 1.807) is 0 Å². The number of hydrogen-bond donors (Lipinski definition) is 0. The lowest BCUT2D eigenvalue weighted by Gasteiger charge is -2.25. The van der Waals surface area contributed by atoms with Gasteiger partial charge in [-0.05, 0) is 77.3 Å². The van der Waals surface area contributed by atoms with Crippen LogP contribution in [0.2, 0.25) is 0 Å². The Labute approximate surface area is 153 Å². The Hall–Kier alpha value is -2.81. The molecule has 3 nitrogen and oxygen atoms in total. The highest BCUT2D eigenvalue weighted by molar-refractivity contribution is 5.82. The second-order valence-electron chi connectivity index (χ2n) is 7.09. The van der Waals surface area contributed by atoms with Gasteiger partial charge in [0.05, 0.1) is 0 Å². The van der Waals surface area contributed by atoms with Gasteiger partial charge in [0.1, 0.15) is 12.4 Å². The number of ether oxygens (including phenoxy) is 1. The maximum absolute atomic E-state index is 10.8. The van der Waals surface area contributed by atoms with Gasteiger partial charge < -0.3 is 14.6 Å². The molecule has 1 atom stereocenters. The summed E-state index contributed by atoms with van der Waals surface area (Å²) in [7, 11) is 0. The van der Waals surface area contributed by atoms with Crippen molar-refractivity contribution in [1.82, 2.24) is 0 Å². The van der Waals surface area contributed by atoms with Crippen LogP contribution in [-0.2, 0) is 24.2 Å². The molecule has 3 heteroatoms. The second kappa shape index (κ2) is 7.20. The maximum atomic E-state index is 10.8. The molecule has 0 saturated carbocycles. The van der Waals surface area contributed by atoms with Gasteiger partial charge in [0, 0.05) is 5.97 Å². The molecule has 0 fully saturated rings. The van der Waals surface area contributed by atoms with E-state index in [1.807, 2.05) is 18.2 Å². The number of benzene rings is 3. The molecule has 3 aromatic carbocycles. The average Bonchev–Trinajstić information content (AvgIpc) is 2.65. The number of carbonyl (C=O) groups excluding carboxylic acids is 1. The molecular formula is C23H21O3-. The summed E-state index contributed by atoms with van der Waals surface area (Å²) >= 11 is 0. The second-order valence-corrected chi connectivity index (χ2v) is 7.09. The van der Waals surface area contributed by atoms with Gasteiger partial charge in [-0.15, -0.1) is 0 Å². The molecule has 0 spiro atoms. The average molecular weight is 345 g/mol. The van der Waals surface area contributed by atoms with E-state index in [0.717, 1.165) is 30.6 Å². The maximum Gasteiger partial charge on any atom is 0.120 e. The molecule has 1 aliphatic rings. The topological polar surface area (TPSA) is 49.4 Å². The number of aryl methyl sites for hydroxylation is 1. The Morgan fingerprint density at radius 3 is 2.69 bits per heavy atom. The van der Waals surface area contributed by atoms with Gasteiger partial charge in [0.25, 0.3) is 0 Å². The van der Waals surface area contributed by atoms with Crippen molar-refractivity contribution in [1.29, 1.82) is 0 Å². The molecule has 0 heterocycles. The normalized spacial score (nSPS) is 16.2. The first-order valence-electron chi connectivity index (χ1n) is 9.09. The summed E-state index contributed by atoms with van der Waals surface area (Å²) in [6, 6.07) is 20.9. The van der Waals surface area contributed by atoms with Crippen molar-refractivity contribution in [3.63, 3.8) is 0 Å². The molecule has 4 rings (SSSR count). The minimum atomic E-state index is -0.950. The van der Waals surface area contributed by atoms with Gasteiger partial charge in [0.15, 0.2) is 0 Å². The van der Waals surface area contributed by atoms with E-state index >= 15 is 0 Å². The van der Waals surface area contributed by atoms with E-state index in [2.05, 4.69) is 42.5 Å². The van der Waals surface area contributed by atoms with Crippen LogP contribution in [0.25, 0.3) is 10.8 Å². The highest BCUT2D eigenvalue weighted by Gasteiger charge is 2.19. The zero-order valence-electron chi connectivity index (χ0n) is 14.6. The van der Waals surface area contributed by atoms with Crippen molar-refractivity contribution < 1.29 is 14.6 Å². The van der Waals surface area contributed by atoms with Gasteiger partial charge >= 0.3 is 0 Å². The molecule has 0 radical (unpaired) electrons. The third kappa shape index (κ3) is 3.72. The van der Waals surface area contributed by atoms with Gasteiger partial charge in [-0.1, -0.05) is 42.5 Å². The smallest absolute Gasteiger partial charge is 0.120 e. The monoisotopic (exact) mass is 345 g/mol. The Kier molecular flexibility index (Phi) is 4.61. The van der Waals surface area contributed by atoms with E-state index < -0.39 is 5.97 Å². The SMILES string of the molecule is O=C([O-])CC1CCc2cc(OCc3ccc4ccccc4c3)ccc2C1. The van der Waals surface area contributed by atoms with Gasteiger partial charge in [-0.3, -0.25) is 0 Å². The lowest BCUT2D eigenvalue weighted by molar-refractivity contribution is -0.306. The zero-order chi connectivity index (χ0) is 17.9. The molecule has 0 aliphatic heterocycles. The van der Waals surface area contributed by atoms with E-state index in [0.29, 0.717) is 6.61 Å². The summed E-state index contributed by atoms with van der Waals surface area (Å²) in [5, 5.41) is 13.3. The fraction of sp³-hybridized carbons (Fsp3) is 0.261. The van der Waals surface area contributed by atoms with Crippen molar-refractivity contribution >= 4 is 16.7 Å². The fourth-order valence-electron chi connectivity index (χ4n) is 3.80. The van der Waals surface area contributed by atoms with Crippen molar-refractivity contribution in [3.05, 3.63) is 77.4 Å². The van der Waals surface area contributed by atoms with E-state index in [-0.39, 0.29) is 12.3 Å². The van der Waals surface area contributed by atoms with Crippen molar-refractivity contribution in [2.75, 3.05) is 0 Å². The van der Waals surface area contributed by atoms with Crippen LogP contribution in [-0.4, -0.2) is 5.97 Å². The molecule has 0 amide bonds. The standard InChI is InChI=1S/C23H22O3/c24-23(25)13-16-5-8-21-14-22(10-9-20(21)11-16)26-15-17-6-7-18-3-1-2-4-19(18)12-17/h1-4,6-7,9-10,12,14,16H,5,8,11,13,15H2,(H,24,25)/p-1. The summed E-state index contributed by atoms with van der Waals surface area (Å²) < 4.78 is 5.99. The molecule has 1 unspecified atom stereocenters. The minimum Gasteiger partial charge on any atom is -0.550 e. The van der Waals surface area contributed by atoms with Gasteiger partial charge in [-0.25, -0.2) is 0 Å². The van der Waals surface area contributed by atoms with Gasteiger partial charge in [-0.2, -0.15) is 0 Å². The highest BCUT2D eigenvalue weighted by Crippen LogP contribution is 2.30. The van der Waals surface area contributed by atoms with Crippen LogP contribution < -0.4 is 9.84 Å². The Bertz CT molecular complexity index is 945. The third-order valence-corrected chi connectivity index (χ3v) is 5.18. The van der Waals surface area contributed by atoms with E-state index in [9.17, 15) is 9.90 Å². The van der Waals surface area contributed by atoms with Crippen molar-refractivity contribution in [2.24, 2.45) is 5.92 Å². The van der Waals surface area contributed by atoms with Crippen LogP contribution in [0.5, 0.6) is 5.75 Å². The first kappa shape index (κ1) is 16.6. The third-order valence-electron chi connectivity index (χ3n) is 5.18. The number of fused-ring (bicyclic) bond motifs is 2. The largest absolute Gasteiger partial charge is 0.550 e. The lowest BCUT2D eigenvalue weighted by atomic mass is 9.82. The summed E-state index contributed by atoms with van der Waals surface area (Å²) in [5.41, 5.74) is 3.66. The number of carboxylic acids is 1. The van der Waals surface area contributed by atoms with Crippen LogP contribution in [0, 0.1) is 5.92 Å². The van der Waals surface area contributed by atoms with Crippen LogP contribution in [0.4, 0.5) is 0 Å². The van der Waals surface area contributed by atoms with Crippen LogP contribution in [0.3, 0.4) is 0 Å².